The van der Waals surface area contributed by atoms with E-state index in [4.69, 9.17) is 5.41 Å². The van der Waals surface area contributed by atoms with Gasteiger partial charge < -0.3 is 5.41 Å². The van der Waals surface area contributed by atoms with Crippen molar-refractivity contribution in [3.63, 3.8) is 0 Å². The minimum Gasteiger partial charge on any atom is -0.313 e. The van der Waals surface area contributed by atoms with Gasteiger partial charge in [0.25, 0.3) is 0 Å². The lowest BCUT2D eigenvalue weighted by molar-refractivity contribution is 0.472. The molecule has 2 atom stereocenters. The highest BCUT2D eigenvalue weighted by Crippen LogP contribution is 2.25. The largest absolute Gasteiger partial charge is 0.313 e. The molecule has 1 nitrogen and oxygen atoms in total. The molecule has 0 saturated heterocycles. The van der Waals surface area contributed by atoms with Gasteiger partial charge in [0, 0.05) is 0 Å². The molecule has 0 aliphatic heterocycles. The summed E-state index contributed by atoms with van der Waals surface area (Å²) in [6, 6.07) is 0. The summed E-state index contributed by atoms with van der Waals surface area (Å²) in [6.45, 7) is 2.31. The van der Waals surface area contributed by atoms with Crippen LogP contribution in [0.25, 0.3) is 0 Å². The van der Waals surface area contributed by atoms with Crippen molar-refractivity contribution >= 4 is 6.21 Å². The SMILES string of the molecule is C[C@@H]1CCCC[C@H](C=N)C1. The Bertz CT molecular complexity index is 109. The van der Waals surface area contributed by atoms with Crippen LogP contribution in [0.15, 0.2) is 0 Å². The highest BCUT2D eigenvalue weighted by atomic mass is 14.4. The summed E-state index contributed by atoms with van der Waals surface area (Å²) >= 11 is 0. The van der Waals surface area contributed by atoms with Crippen LogP contribution in [0.4, 0.5) is 0 Å². The van der Waals surface area contributed by atoms with E-state index in [0.717, 1.165) is 5.92 Å². The third-order valence-corrected chi connectivity index (χ3v) is 2.46. The number of nitrogens with one attached hydrogen (secondary N) is 1. The van der Waals surface area contributed by atoms with Crippen LogP contribution in [-0.2, 0) is 0 Å². The van der Waals surface area contributed by atoms with Gasteiger partial charge in [-0.25, -0.2) is 0 Å². The molecule has 0 amide bonds. The molecule has 10 heavy (non-hydrogen) atoms. The molecule has 0 heterocycles. The van der Waals surface area contributed by atoms with Crippen LogP contribution in [0, 0.1) is 17.2 Å². The van der Waals surface area contributed by atoms with Crippen molar-refractivity contribution in [3.05, 3.63) is 0 Å². The van der Waals surface area contributed by atoms with Gasteiger partial charge in [-0.2, -0.15) is 0 Å². The molecule has 0 unspecified atom stereocenters. The van der Waals surface area contributed by atoms with Crippen molar-refractivity contribution in [2.24, 2.45) is 11.8 Å². The predicted molar refractivity (Wildman–Crippen MR) is 44.5 cm³/mol. The third-order valence-electron chi connectivity index (χ3n) is 2.46. The van der Waals surface area contributed by atoms with Crippen LogP contribution >= 0.6 is 0 Å². The van der Waals surface area contributed by atoms with E-state index in [0.29, 0.717) is 5.92 Å². The van der Waals surface area contributed by atoms with E-state index in [1.54, 1.807) is 6.21 Å². The van der Waals surface area contributed by atoms with Gasteiger partial charge >= 0.3 is 0 Å². The third kappa shape index (κ3) is 2.13. The lowest BCUT2D eigenvalue weighted by Crippen LogP contribution is -2.03. The number of rotatable bonds is 1. The molecule has 0 radical (unpaired) electrons. The highest BCUT2D eigenvalue weighted by Gasteiger charge is 2.14. The van der Waals surface area contributed by atoms with Crippen molar-refractivity contribution in [1.29, 1.82) is 5.41 Å². The molecular formula is C9H17N. The maximum atomic E-state index is 7.16. The topological polar surface area (TPSA) is 23.9 Å². The molecule has 1 rings (SSSR count). The lowest BCUT2D eigenvalue weighted by Gasteiger charge is -2.10. The number of hydrogen-bond acceptors (Lipinski definition) is 1. The Morgan fingerprint density at radius 2 is 2.00 bits per heavy atom. The van der Waals surface area contributed by atoms with Crippen molar-refractivity contribution in [3.8, 4) is 0 Å². The zero-order valence-corrected chi connectivity index (χ0v) is 6.77. The van der Waals surface area contributed by atoms with Crippen LogP contribution in [0.5, 0.6) is 0 Å². The Balaban J connectivity index is 2.37. The minimum absolute atomic E-state index is 0.595. The summed E-state index contributed by atoms with van der Waals surface area (Å²) in [4.78, 5) is 0. The van der Waals surface area contributed by atoms with Gasteiger partial charge in [-0.05, 0) is 30.9 Å². The zero-order valence-electron chi connectivity index (χ0n) is 6.77. The van der Waals surface area contributed by atoms with E-state index in [1.165, 1.54) is 32.1 Å². The summed E-state index contributed by atoms with van der Waals surface area (Å²) in [5, 5.41) is 7.16. The van der Waals surface area contributed by atoms with E-state index >= 15 is 0 Å². The summed E-state index contributed by atoms with van der Waals surface area (Å²) in [6.07, 6.45) is 8.25. The van der Waals surface area contributed by atoms with Crippen LogP contribution in [0.3, 0.4) is 0 Å². The monoisotopic (exact) mass is 139 g/mol. The van der Waals surface area contributed by atoms with Crippen molar-refractivity contribution < 1.29 is 0 Å². The highest BCUT2D eigenvalue weighted by molar-refractivity contribution is 5.56. The Morgan fingerprint density at radius 1 is 1.30 bits per heavy atom. The molecule has 0 aromatic heterocycles. The standard InChI is InChI=1S/C9H17N/c1-8-4-2-3-5-9(6-8)7-10/h7-10H,2-6H2,1H3/t8-,9+/m1/s1. The average Bonchev–Trinajstić information content (AvgIpc) is 2.13. The molecule has 58 valence electrons. The molecule has 1 N–H and O–H groups in total. The van der Waals surface area contributed by atoms with Crippen LogP contribution in [-0.4, -0.2) is 6.21 Å². The summed E-state index contributed by atoms with van der Waals surface area (Å²) in [5.74, 6) is 1.45. The Labute approximate surface area is 63.3 Å². The zero-order chi connectivity index (χ0) is 7.40. The first kappa shape index (κ1) is 7.77. The second-order valence-corrected chi connectivity index (χ2v) is 3.55. The second-order valence-electron chi connectivity index (χ2n) is 3.55. The maximum Gasteiger partial charge on any atom is -0.00166 e. The quantitative estimate of drug-likeness (QED) is 0.426. The van der Waals surface area contributed by atoms with Gasteiger partial charge in [-0.15, -0.1) is 0 Å². The minimum atomic E-state index is 0.595. The van der Waals surface area contributed by atoms with Crippen LogP contribution in [0.2, 0.25) is 0 Å². The first-order valence-electron chi connectivity index (χ1n) is 4.33. The van der Waals surface area contributed by atoms with Gasteiger partial charge in [0.2, 0.25) is 0 Å². The Kier molecular flexibility index (Phi) is 2.91. The molecule has 1 saturated carbocycles. The van der Waals surface area contributed by atoms with E-state index in [2.05, 4.69) is 6.92 Å². The summed E-state index contributed by atoms with van der Waals surface area (Å²) in [5.41, 5.74) is 0. The van der Waals surface area contributed by atoms with E-state index < -0.39 is 0 Å². The fourth-order valence-electron chi connectivity index (χ4n) is 1.80. The van der Waals surface area contributed by atoms with Gasteiger partial charge in [-0.3, -0.25) is 0 Å². The Morgan fingerprint density at radius 3 is 2.70 bits per heavy atom. The number of hydrogen-bond donors (Lipinski definition) is 1. The van der Waals surface area contributed by atoms with Crippen molar-refractivity contribution in [1.82, 2.24) is 0 Å². The molecule has 0 aromatic carbocycles. The fraction of sp³-hybridized carbons (Fsp3) is 0.889. The summed E-state index contributed by atoms with van der Waals surface area (Å²) in [7, 11) is 0. The summed E-state index contributed by atoms with van der Waals surface area (Å²) < 4.78 is 0. The normalized spacial score (nSPS) is 34.9. The molecule has 1 aliphatic rings. The molecule has 0 spiro atoms. The predicted octanol–water partition coefficient (Wildman–Crippen LogP) is 2.85. The molecule has 0 bridgehead atoms. The van der Waals surface area contributed by atoms with Gasteiger partial charge in [-0.1, -0.05) is 26.2 Å². The van der Waals surface area contributed by atoms with Gasteiger partial charge in [0.1, 0.15) is 0 Å². The average molecular weight is 139 g/mol. The van der Waals surface area contributed by atoms with E-state index in [-0.39, 0.29) is 0 Å². The van der Waals surface area contributed by atoms with Gasteiger partial charge in [0.05, 0.1) is 0 Å². The van der Waals surface area contributed by atoms with Crippen LogP contribution < -0.4 is 0 Å². The van der Waals surface area contributed by atoms with E-state index in [1.807, 2.05) is 0 Å². The molecule has 0 aromatic rings. The molecule has 1 heteroatoms. The lowest BCUT2D eigenvalue weighted by atomic mass is 9.96. The fourth-order valence-corrected chi connectivity index (χ4v) is 1.80. The van der Waals surface area contributed by atoms with Crippen molar-refractivity contribution in [2.45, 2.75) is 39.0 Å². The van der Waals surface area contributed by atoms with Crippen molar-refractivity contribution in [2.75, 3.05) is 0 Å². The van der Waals surface area contributed by atoms with Crippen LogP contribution in [0.1, 0.15) is 39.0 Å². The Hall–Kier alpha value is -0.330. The first-order valence-corrected chi connectivity index (χ1v) is 4.33. The van der Waals surface area contributed by atoms with E-state index in [9.17, 15) is 0 Å². The molecular weight excluding hydrogens is 122 g/mol. The first-order chi connectivity index (χ1) is 4.83. The second kappa shape index (κ2) is 3.75. The molecule has 1 aliphatic carbocycles. The van der Waals surface area contributed by atoms with Gasteiger partial charge in [0.15, 0.2) is 0 Å². The smallest absolute Gasteiger partial charge is 0.00166 e. The maximum absolute atomic E-state index is 7.16. The molecule has 1 fully saturated rings.